The molecule has 5 nitrogen and oxygen atoms in total. The maximum Gasteiger partial charge on any atom is 0.311 e. The summed E-state index contributed by atoms with van der Waals surface area (Å²) in [5.74, 6) is 0.897. The van der Waals surface area contributed by atoms with Gasteiger partial charge in [-0.3, -0.25) is 9.20 Å². The summed E-state index contributed by atoms with van der Waals surface area (Å²) in [7, 11) is 1.47. The Bertz CT molecular complexity index is 780. The molecule has 2 aliphatic carbocycles. The summed E-state index contributed by atoms with van der Waals surface area (Å²) in [5.41, 5.74) is 0.383. The predicted octanol–water partition coefficient (Wildman–Crippen LogP) is 3.52. The zero-order valence-corrected chi connectivity index (χ0v) is 14.4. The smallest absolute Gasteiger partial charge is 0.311 e. The SMILES string of the molecule is COC(=O)C12CCC(c3nc(Br)c4c(Cl)nccn34)(CC1)C2. The fourth-order valence-corrected chi connectivity index (χ4v) is 5.24. The third-order valence-electron chi connectivity index (χ3n) is 5.40. The van der Waals surface area contributed by atoms with Crippen molar-refractivity contribution >= 4 is 39.0 Å². The van der Waals surface area contributed by atoms with E-state index >= 15 is 0 Å². The van der Waals surface area contributed by atoms with Crippen LogP contribution in [-0.4, -0.2) is 27.4 Å². The van der Waals surface area contributed by atoms with Crippen molar-refractivity contribution in [2.24, 2.45) is 5.41 Å². The van der Waals surface area contributed by atoms with E-state index in [1.165, 1.54) is 7.11 Å². The van der Waals surface area contributed by atoms with E-state index in [9.17, 15) is 4.79 Å². The second kappa shape index (κ2) is 4.68. The van der Waals surface area contributed by atoms with Crippen LogP contribution in [0.2, 0.25) is 5.15 Å². The number of carbonyl (C=O) groups excluding carboxylic acids is 1. The third-order valence-corrected chi connectivity index (χ3v) is 6.23. The molecule has 0 spiro atoms. The summed E-state index contributed by atoms with van der Waals surface area (Å²) in [4.78, 5) is 21.0. The summed E-state index contributed by atoms with van der Waals surface area (Å²) in [6, 6.07) is 0. The number of hydrogen-bond donors (Lipinski definition) is 0. The molecule has 116 valence electrons. The number of carbonyl (C=O) groups is 1. The third kappa shape index (κ3) is 1.74. The predicted molar refractivity (Wildman–Crippen MR) is 84.9 cm³/mol. The van der Waals surface area contributed by atoms with Crippen molar-refractivity contribution in [1.82, 2.24) is 14.4 Å². The number of nitrogens with zero attached hydrogens (tertiary/aromatic N) is 3. The minimum atomic E-state index is -0.329. The van der Waals surface area contributed by atoms with E-state index < -0.39 is 0 Å². The number of ether oxygens (including phenoxy) is 1. The molecule has 0 aromatic carbocycles. The molecule has 2 fully saturated rings. The molecule has 0 aliphatic heterocycles. The van der Waals surface area contributed by atoms with Crippen molar-refractivity contribution in [2.75, 3.05) is 7.11 Å². The lowest BCUT2D eigenvalue weighted by Crippen LogP contribution is -2.27. The average Bonchev–Trinajstić information content (AvgIpc) is 3.18. The van der Waals surface area contributed by atoms with Gasteiger partial charge < -0.3 is 4.74 Å². The lowest BCUT2D eigenvalue weighted by Gasteiger charge is -2.25. The quantitative estimate of drug-likeness (QED) is 0.743. The molecule has 2 bridgehead atoms. The van der Waals surface area contributed by atoms with Crippen molar-refractivity contribution in [2.45, 2.75) is 37.5 Å². The number of esters is 1. The maximum atomic E-state index is 12.2. The Morgan fingerprint density at radius 2 is 2.14 bits per heavy atom. The van der Waals surface area contributed by atoms with Gasteiger partial charge in [0.1, 0.15) is 15.9 Å². The zero-order chi connectivity index (χ0) is 15.5. The van der Waals surface area contributed by atoms with Crippen LogP contribution >= 0.6 is 27.5 Å². The molecule has 2 aliphatic rings. The topological polar surface area (TPSA) is 56.5 Å². The highest BCUT2D eigenvalue weighted by atomic mass is 79.9. The Morgan fingerprint density at radius 1 is 1.41 bits per heavy atom. The summed E-state index contributed by atoms with van der Waals surface area (Å²) < 4.78 is 7.76. The van der Waals surface area contributed by atoms with Crippen molar-refractivity contribution in [3.8, 4) is 0 Å². The first-order valence-electron chi connectivity index (χ1n) is 7.28. The van der Waals surface area contributed by atoms with E-state index in [0.717, 1.165) is 43.4 Å². The highest BCUT2D eigenvalue weighted by Crippen LogP contribution is 2.62. The molecule has 0 radical (unpaired) electrons. The normalized spacial score (nSPS) is 30.1. The van der Waals surface area contributed by atoms with Gasteiger partial charge in [0.15, 0.2) is 5.15 Å². The molecule has 4 rings (SSSR count). The lowest BCUT2D eigenvalue weighted by molar-refractivity contribution is -0.152. The Balaban J connectivity index is 1.85. The number of fused-ring (bicyclic) bond motifs is 3. The highest BCUT2D eigenvalue weighted by molar-refractivity contribution is 9.10. The molecule has 0 N–H and O–H groups in total. The Morgan fingerprint density at radius 3 is 2.82 bits per heavy atom. The average molecular weight is 385 g/mol. The van der Waals surface area contributed by atoms with E-state index in [-0.39, 0.29) is 16.8 Å². The van der Waals surface area contributed by atoms with Crippen LogP contribution in [0.5, 0.6) is 0 Å². The standard InChI is InChI=1S/C15H15BrClN3O2/c1-22-13(21)15-4-2-14(8-15,3-5-15)12-19-10(16)9-11(17)18-6-7-20(9)12/h6-7H,2-5,8H2,1H3. The molecule has 22 heavy (non-hydrogen) atoms. The summed E-state index contributed by atoms with van der Waals surface area (Å²) >= 11 is 9.70. The van der Waals surface area contributed by atoms with E-state index in [1.54, 1.807) is 6.20 Å². The molecule has 0 saturated heterocycles. The molecule has 0 atom stereocenters. The minimum Gasteiger partial charge on any atom is -0.469 e. The number of rotatable bonds is 2. The number of halogens is 2. The van der Waals surface area contributed by atoms with Crippen LogP contribution in [0.15, 0.2) is 17.0 Å². The van der Waals surface area contributed by atoms with Crippen molar-refractivity contribution < 1.29 is 9.53 Å². The number of imidazole rings is 1. The minimum absolute atomic E-state index is 0.0756. The van der Waals surface area contributed by atoms with Crippen molar-refractivity contribution in [1.29, 1.82) is 0 Å². The van der Waals surface area contributed by atoms with Crippen LogP contribution < -0.4 is 0 Å². The highest BCUT2D eigenvalue weighted by Gasteiger charge is 2.60. The van der Waals surface area contributed by atoms with Gasteiger partial charge >= 0.3 is 5.97 Å². The van der Waals surface area contributed by atoms with E-state index in [1.807, 2.05) is 10.6 Å². The molecule has 2 aromatic rings. The summed E-state index contributed by atoms with van der Waals surface area (Å²) in [6.45, 7) is 0. The van der Waals surface area contributed by atoms with Crippen LogP contribution in [0.4, 0.5) is 0 Å². The zero-order valence-electron chi connectivity index (χ0n) is 12.1. The van der Waals surface area contributed by atoms with E-state index in [4.69, 9.17) is 21.3 Å². The molecule has 0 amide bonds. The van der Waals surface area contributed by atoms with Crippen LogP contribution in [0.3, 0.4) is 0 Å². The second-order valence-electron chi connectivity index (χ2n) is 6.39. The fourth-order valence-electron chi connectivity index (χ4n) is 4.34. The van der Waals surface area contributed by atoms with Crippen LogP contribution in [0.1, 0.15) is 37.9 Å². The number of methoxy groups -OCH3 is 1. The Kier molecular flexibility index (Phi) is 3.07. The largest absolute Gasteiger partial charge is 0.469 e. The molecule has 2 aromatic heterocycles. The van der Waals surface area contributed by atoms with Gasteiger partial charge in [-0.05, 0) is 48.0 Å². The second-order valence-corrected chi connectivity index (χ2v) is 7.50. The van der Waals surface area contributed by atoms with E-state index in [0.29, 0.717) is 9.76 Å². The lowest BCUT2D eigenvalue weighted by atomic mass is 9.81. The summed E-state index contributed by atoms with van der Waals surface area (Å²) in [6.07, 6.45) is 8.01. The van der Waals surface area contributed by atoms with Gasteiger partial charge in [-0.2, -0.15) is 0 Å². The van der Waals surface area contributed by atoms with Crippen molar-refractivity contribution in [3.63, 3.8) is 0 Å². The van der Waals surface area contributed by atoms with Gasteiger partial charge in [0, 0.05) is 17.8 Å². The first-order chi connectivity index (χ1) is 10.5. The number of aromatic nitrogens is 3. The molecule has 2 saturated carbocycles. The van der Waals surface area contributed by atoms with Crippen LogP contribution in [-0.2, 0) is 14.9 Å². The van der Waals surface area contributed by atoms with Gasteiger partial charge in [0.25, 0.3) is 0 Å². The first-order valence-corrected chi connectivity index (χ1v) is 8.45. The Hall–Kier alpha value is -1.14. The van der Waals surface area contributed by atoms with Gasteiger partial charge in [-0.15, -0.1) is 0 Å². The van der Waals surface area contributed by atoms with Crippen LogP contribution in [0, 0.1) is 5.41 Å². The van der Waals surface area contributed by atoms with Gasteiger partial charge in [0.2, 0.25) is 0 Å². The summed E-state index contributed by atoms with van der Waals surface area (Å²) in [5, 5.41) is 0.430. The first kappa shape index (κ1) is 14.5. The van der Waals surface area contributed by atoms with Crippen LogP contribution in [0.25, 0.3) is 5.52 Å². The van der Waals surface area contributed by atoms with E-state index in [2.05, 4.69) is 20.9 Å². The number of hydrogen-bond acceptors (Lipinski definition) is 4. The van der Waals surface area contributed by atoms with Gasteiger partial charge in [-0.25, -0.2) is 9.97 Å². The molecular formula is C15H15BrClN3O2. The van der Waals surface area contributed by atoms with Gasteiger partial charge in [0.05, 0.1) is 12.5 Å². The molecule has 2 heterocycles. The molecular weight excluding hydrogens is 370 g/mol. The van der Waals surface area contributed by atoms with Gasteiger partial charge in [-0.1, -0.05) is 11.6 Å². The van der Waals surface area contributed by atoms with Crippen molar-refractivity contribution in [3.05, 3.63) is 28.0 Å². The maximum absolute atomic E-state index is 12.2. The fraction of sp³-hybridized carbons (Fsp3) is 0.533. The molecule has 0 unspecified atom stereocenters. The monoisotopic (exact) mass is 383 g/mol. The molecule has 7 heteroatoms. The Labute approximate surface area is 141 Å².